The van der Waals surface area contributed by atoms with Crippen LogP contribution in [0.2, 0.25) is 0 Å². The molecule has 2 N–H and O–H groups in total. The van der Waals surface area contributed by atoms with Crippen molar-refractivity contribution in [1.29, 1.82) is 0 Å². The molecule has 1 aromatic rings. The number of hydrogen-bond donors (Lipinski definition) is 2. The van der Waals surface area contributed by atoms with Gasteiger partial charge in [0.2, 0.25) is 0 Å². The summed E-state index contributed by atoms with van der Waals surface area (Å²) in [5.74, 6) is 0.427. The van der Waals surface area contributed by atoms with Gasteiger partial charge < -0.3 is 24.3 Å². The Bertz CT molecular complexity index is 338. The molecule has 5 nitrogen and oxygen atoms in total. The highest BCUT2D eigenvalue weighted by atomic mass is 16.7. The van der Waals surface area contributed by atoms with Crippen molar-refractivity contribution in [3.05, 3.63) is 24.3 Å². The molecule has 16 heavy (non-hydrogen) atoms. The standard InChI is InChI=1S/C10H13BO5/c12-11(13)8-3-1-2-4-9(8)16-7-10-14-5-6-15-10/h1-4,10,12-13H,5-7H2. The van der Waals surface area contributed by atoms with Crippen molar-refractivity contribution in [2.24, 2.45) is 0 Å². The summed E-state index contributed by atoms with van der Waals surface area (Å²) >= 11 is 0. The van der Waals surface area contributed by atoms with E-state index in [-0.39, 0.29) is 12.9 Å². The maximum atomic E-state index is 9.11. The van der Waals surface area contributed by atoms with E-state index in [2.05, 4.69) is 0 Å². The van der Waals surface area contributed by atoms with Gasteiger partial charge in [0.15, 0.2) is 6.29 Å². The predicted octanol–water partition coefficient (Wildman–Crippen LogP) is -0.882. The summed E-state index contributed by atoms with van der Waals surface area (Å²) in [6, 6.07) is 6.74. The lowest BCUT2D eigenvalue weighted by Gasteiger charge is -2.13. The van der Waals surface area contributed by atoms with Gasteiger partial charge in [-0.1, -0.05) is 18.2 Å². The summed E-state index contributed by atoms with van der Waals surface area (Å²) in [7, 11) is -1.54. The molecule has 1 aliphatic heterocycles. The molecule has 1 aromatic carbocycles. The zero-order chi connectivity index (χ0) is 11.4. The number of benzene rings is 1. The maximum Gasteiger partial charge on any atom is 0.492 e. The third kappa shape index (κ3) is 2.73. The summed E-state index contributed by atoms with van der Waals surface area (Å²) in [5.41, 5.74) is 0.334. The Morgan fingerprint density at radius 3 is 2.62 bits per heavy atom. The fourth-order valence-corrected chi connectivity index (χ4v) is 1.49. The Balaban J connectivity index is 1.97. The average molecular weight is 224 g/mol. The van der Waals surface area contributed by atoms with Gasteiger partial charge in [-0.3, -0.25) is 0 Å². The zero-order valence-electron chi connectivity index (χ0n) is 8.70. The minimum Gasteiger partial charge on any atom is -0.489 e. The van der Waals surface area contributed by atoms with Crippen LogP contribution in [0, 0.1) is 0 Å². The van der Waals surface area contributed by atoms with E-state index in [0.717, 1.165) is 0 Å². The van der Waals surface area contributed by atoms with Crippen LogP contribution in [0.1, 0.15) is 0 Å². The predicted molar refractivity (Wildman–Crippen MR) is 57.5 cm³/mol. The van der Waals surface area contributed by atoms with Crippen LogP contribution in [0.3, 0.4) is 0 Å². The van der Waals surface area contributed by atoms with Crippen LogP contribution in [0.15, 0.2) is 24.3 Å². The third-order valence-electron chi connectivity index (χ3n) is 2.26. The van der Waals surface area contributed by atoms with Crippen LogP contribution < -0.4 is 10.2 Å². The highest BCUT2D eigenvalue weighted by Crippen LogP contribution is 2.10. The largest absolute Gasteiger partial charge is 0.492 e. The Labute approximate surface area is 93.7 Å². The van der Waals surface area contributed by atoms with Gasteiger partial charge >= 0.3 is 7.12 Å². The molecule has 0 radical (unpaired) electrons. The second-order valence-electron chi connectivity index (χ2n) is 3.39. The fourth-order valence-electron chi connectivity index (χ4n) is 1.49. The lowest BCUT2D eigenvalue weighted by Crippen LogP contribution is -2.32. The van der Waals surface area contributed by atoms with Gasteiger partial charge in [-0.05, 0) is 6.07 Å². The van der Waals surface area contributed by atoms with E-state index in [0.29, 0.717) is 24.4 Å². The van der Waals surface area contributed by atoms with Crippen molar-refractivity contribution >= 4 is 12.6 Å². The number of para-hydroxylation sites is 1. The minimum atomic E-state index is -1.54. The molecule has 6 heteroatoms. The molecule has 0 unspecified atom stereocenters. The van der Waals surface area contributed by atoms with E-state index >= 15 is 0 Å². The second-order valence-corrected chi connectivity index (χ2v) is 3.39. The lowest BCUT2D eigenvalue weighted by molar-refractivity contribution is -0.0682. The van der Waals surface area contributed by atoms with Gasteiger partial charge in [0.25, 0.3) is 0 Å². The quantitative estimate of drug-likeness (QED) is 0.650. The van der Waals surface area contributed by atoms with Gasteiger partial charge in [-0.25, -0.2) is 0 Å². The van der Waals surface area contributed by atoms with Crippen LogP contribution in [0.5, 0.6) is 5.75 Å². The monoisotopic (exact) mass is 224 g/mol. The molecule has 0 atom stereocenters. The van der Waals surface area contributed by atoms with Crippen LogP contribution in [-0.4, -0.2) is 43.3 Å². The smallest absolute Gasteiger partial charge is 0.489 e. The SMILES string of the molecule is OB(O)c1ccccc1OCC1OCCO1. The average Bonchev–Trinajstić information content (AvgIpc) is 2.79. The topological polar surface area (TPSA) is 68.2 Å². The molecular formula is C10H13BO5. The number of hydrogen-bond acceptors (Lipinski definition) is 5. The first-order chi connectivity index (χ1) is 7.77. The fraction of sp³-hybridized carbons (Fsp3) is 0.400. The molecule has 0 amide bonds. The van der Waals surface area contributed by atoms with Crippen molar-refractivity contribution < 1.29 is 24.3 Å². The zero-order valence-corrected chi connectivity index (χ0v) is 8.70. The van der Waals surface area contributed by atoms with E-state index in [1.54, 1.807) is 24.3 Å². The minimum absolute atomic E-state index is 0.240. The first-order valence-electron chi connectivity index (χ1n) is 5.08. The molecular weight excluding hydrogens is 211 g/mol. The highest BCUT2D eigenvalue weighted by Gasteiger charge is 2.20. The van der Waals surface area contributed by atoms with Crippen LogP contribution in [0.4, 0.5) is 0 Å². The van der Waals surface area contributed by atoms with E-state index in [1.165, 1.54) is 0 Å². The van der Waals surface area contributed by atoms with Gasteiger partial charge in [-0.15, -0.1) is 0 Å². The van der Waals surface area contributed by atoms with E-state index in [1.807, 2.05) is 0 Å². The third-order valence-corrected chi connectivity index (χ3v) is 2.26. The van der Waals surface area contributed by atoms with E-state index in [4.69, 9.17) is 24.3 Å². The first kappa shape index (κ1) is 11.4. The molecule has 1 saturated heterocycles. The van der Waals surface area contributed by atoms with Crippen LogP contribution in [-0.2, 0) is 9.47 Å². The summed E-state index contributed by atoms with van der Waals surface area (Å²) in [6.45, 7) is 1.38. The van der Waals surface area contributed by atoms with Crippen molar-refractivity contribution in [2.75, 3.05) is 19.8 Å². The van der Waals surface area contributed by atoms with Crippen LogP contribution in [0.25, 0.3) is 0 Å². The normalized spacial score (nSPS) is 16.4. The molecule has 0 aliphatic carbocycles. The van der Waals surface area contributed by atoms with Crippen LogP contribution >= 0.6 is 0 Å². The Kier molecular flexibility index (Phi) is 3.79. The molecule has 0 saturated carbocycles. The first-order valence-corrected chi connectivity index (χ1v) is 5.08. The van der Waals surface area contributed by atoms with Gasteiger partial charge in [0.1, 0.15) is 12.4 Å². The molecule has 1 heterocycles. The van der Waals surface area contributed by atoms with Crippen molar-refractivity contribution in [2.45, 2.75) is 6.29 Å². The van der Waals surface area contributed by atoms with Gasteiger partial charge in [0.05, 0.1) is 13.2 Å². The van der Waals surface area contributed by atoms with Crippen molar-refractivity contribution in [3.8, 4) is 5.75 Å². The number of ether oxygens (including phenoxy) is 3. The molecule has 1 aliphatic rings. The number of rotatable bonds is 4. The van der Waals surface area contributed by atoms with E-state index < -0.39 is 7.12 Å². The van der Waals surface area contributed by atoms with Gasteiger partial charge in [-0.2, -0.15) is 0 Å². The highest BCUT2D eigenvalue weighted by molar-refractivity contribution is 6.59. The molecule has 0 bridgehead atoms. The summed E-state index contributed by atoms with van der Waals surface area (Å²) in [4.78, 5) is 0. The summed E-state index contributed by atoms with van der Waals surface area (Å²) in [5, 5.41) is 18.2. The Hall–Kier alpha value is -1.08. The lowest BCUT2D eigenvalue weighted by atomic mass is 9.79. The van der Waals surface area contributed by atoms with Crippen molar-refractivity contribution in [1.82, 2.24) is 0 Å². The summed E-state index contributed by atoms with van der Waals surface area (Å²) in [6.07, 6.45) is -0.371. The molecule has 86 valence electrons. The molecule has 0 aromatic heterocycles. The Morgan fingerprint density at radius 1 is 1.25 bits per heavy atom. The van der Waals surface area contributed by atoms with Crippen molar-refractivity contribution in [3.63, 3.8) is 0 Å². The summed E-state index contributed by atoms with van der Waals surface area (Å²) < 4.78 is 15.8. The Morgan fingerprint density at radius 2 is 1.94 bits per heavy atom. The van der Waals surface area contributed by atoms with E-state index in [9.17, 15) is 0 Å². The molecule has 2 rings (SSSR count). The second kappa shape index (κ2) is 5.31. The maximum absolute atomic E-state index is 9.11. The van der Waals surface area contributed by atoms with Gasteiger partial charge in [0, 0.05) is 5.46 Å². The molecule has 1 fully saturated rings. The molecule has 0 spiro atoms.